The van der Waals surface area contributed by atoms with E-state index in [1.165, 1.54) is 19.3 Å². The molecule has 2 aliphatic rings. The van der Waals surface area contributed by atoms with Gasteiger partial charge in [-0.15, -0.1) is 0 Å². The van der Waals surface area contributed by atoms with Gasteiger partial charge in [0, 0.05) is 24.8 Å². The number of urea groups is 1. The van der Waals surface area contributed by atoms with Gasteiger partial charge in [-0.05, 0) is 31.6 Å². The number of likely N-dealkylation sites (tertiary alicyclic amines) is 1. The third kappa shape index (κ3) is 3.02. The van der Waals surface area contributed by atoms with Crippen molar-refractivity contribution in [2.45, 2.75) is 51.1 Å². The molecule has 1 N–H and O–H groups in total. The molecule has 112 valence electrons. The number of amides is 2. The van der Waals surface area contributed by atoms with Gasteiger partial charge in [-0.1, -0.05) is 6.42 Å². The Kier molecular flexibility index (Phi) is 4.09. The molecule has 1 aliphatic carbocycles. The predicted octanol–water partition coefficient (Wildman–Crippen LogP) is 2.59. The van der Waals surface area contributed by atoms with Crippen LogP contribution < -0.4 is 5.32 Å². The molecule has 2 amide bonds. The van der Waals surface area contributed by atoms with Crippen LogP contribution in [0.2, 0.25) is 0 Å². The van der Waals surface area contributed by atoms with E-state index in [0.29, 0.717) is 30.7 Å². The van der Waals surface area contributed by atoms with Crippen molar-refractivity contribution in [2.75, 3.05) is 11.9 Å². The molecule has 1 saturated heterocycles. The molecule has 1 aromatic rings. The first-order valence-electron chi connectivity index (χ1n) is 7.76. The van der Waals surface area contributed by atoms with Crippen molar-refractivity contribution in [3.63, 3.8) is 0 Å². The largest absolute Gasteiger partial charge is 0.323 e. The van der Waals surface area contributed by atoms with Gasteiger partial charge in [-0.2, -0.15) is 10.4 Å². The van der Waals surface area contributed by atoms with E-state index in [2.05, 4.69) is 16.5 Å². The highest BCUT2D eigenvalue weighted by Crippen LogP contribution is 2.37. The molecule has 2 fully saturated rings. The number of nitrogens with zero attached hydrogens (tertiary/aromatic N) is 4. The van der Waals surface area contributed by atoms with Gasteiger partial charge in [0.25, 0.3) is 0 Å². The summed E-state index contributed by atoms with van der Waals surface area (Å²) in [6, 6.07) is 4.25. The molecule has 1 aliphatic heterocycles. The summed E-state index contributed by atoms with van der Waals surface area (Å²) in [5.74, 6) is 1.27. The highest BCUT2D eigenvalue weighted by molar-refractivity contribution is 5.88. The lowest BCUT2D eigenvalue weighted by atomic mass is 9.79. The van der Waals surface area contributed by atoms with Crippen LogP contribution in [0.1, 0.15) is 38.5 Å². The zero-order valence-electron chi connectivity index (χ0n) is 12.2. The minimum Gasteiger partial charge on any atom is -0.321 e. The maximum Gasteiger partial charge on any atom is 0.323 e. The zero-order valence-corrected chi connectivity index (χ0v) is 12.2. The molecule has 3 rings (SSSR count). The molecule has 0 radical (unpaired) electrons. The minimum absolute atomic E-state index is 0.0325. The lowest BCUT2D eigenvalue weighted by Crippen LogP contribution is -2.44. The second-order valence-electron chi connectivity index (χ2n) is 5.90. The van der Waals surface area contributed by atoms with E-state index < -0.39 is 0 Å². The van der Waals surface area contributed by atoms with Crippen molar-refractivity contribution in [3.8, 4) is 6.07 Å². The van der Waals surface area contributed by atoms with E-state index >= 15 is 0 Å². The number of carbonyl (C=O) groups excluding carboxylic acids is 1. The fraction of sp³-hybridized carbons (Fsp3) is 0.667. The van der Waals surface area contributed by atoms with Crippen LogP contribution in [0.3, 0.4) is 0 Å². The monoisotopic (exact) mass is 287 g/mol. The quantitative estimate of drug-likeness (QED) is 0.925. The molecule has 2 heterocycles. The van der Waals surface area contributed by atoms with E-state index in [1.54, 1.807) is 16.9 Å². The van der Waals surface area contributed by atoms with Gasteiger partial charge in [-0.25, -0.2) is 4.79 Å². The van der Waals surface area contributed by atoms with Crippen LogP contribution >= 0.6 is 0 Å². The molecule has 1 saturated carbocycles. The van der Waals surface area contributed by atoms with E-state index in [4.69, 9.17) is 5.26 Å². The summed E-state index contributed by atoms with van der Waals surface area (Å²) < 4.78 is 1.69. The van der Waals surface area contributed by atoms with Gasteiger partial charge in [0.05, 0.1) is 19.0 Å². The smallest absolute Gasteiger partial charge is 0.321 e. The first kappa shape index (κ1) is 13.9. The summed E-state index contributed by atoms with van der Waals surface area (Å²) >= 11 is 0. The SMILES string of the molecule is N#CCCn1ccc(NC(=O)N2CCC[C@@H]2C2CCC2)n1. The molecular weight excluding hydrogens is 266 g/mol. The molecule has 1 aromatic heterocycles. The van der Waals surface area contributed by atoms with Crippen LogP contribution in [0.5, 0.6) is 0 Å². The summed E-state index contributed by atoms with van der Waals surface area (Å²) in [6.07, 6.45) is 8.28. The van der Waals surface area contributed by atoms with Crippen molar-refractivity contribution < 1.29 is 4.79 Å². The summed E-state index contributed by atoms with van der Waals surface area (Å²) in [5, 5.41) is 15.7. The molecule has 21 heavy (non-hydrogen) atoms. The topological polar surface area (TPSA) is 74.0 Å². The Morgan fingerprint density at radius 1 is 1.43 bits per heavy atom. The standard InChI is InChI=1S/C15H21N5O/c16-8-3-9-19-11-7-14(18-19)17-15(21)20-10-2-6-13(20)12-4-1-5-12/h7,11-13H,1-6,9-10H2,(H,17,18,21)/t13-/m1/s1. The summed E-state index contributed by atoms with van der Waals surface area (Å²) in [7, 11) is 0. The minimum atomic E-state index is -0.0325. The number of aryl methyl sites for hydroxylation is 1. The Morgan fingerprint density at radius 3 is 3.00 bits per heavy atom. The number of anilines is 1. The summed E-state index contributed by atoms with van der Waals surface area (Å²) in [6.45, 7) is 1.41. The first-order chi connectivity index (χ1) is 10.3. The maximum atomic E-state index is 12.4. The molecule has 0 spiro atoms. The highest BCUT2D eigenvalue weighted by atomic mass is 16.2. The average Bonchev–Trinajstić information content (AvgIpc) is 3.04. The Bertz CT molecular complexity index is 543. The number of carbonyl (C=O) groups is 1. The molecule has 1 atom stereocenters. The second kappa shape index (κ2) is 6.17. The third-order valence-corrected chi connectivity index (χ3v) is 4.58. The number of rotatable bonds is 4. The van der Waals surface area contributed by atoms with Crippen molar-refractivity contribution >= 4 is 11.8 Å². The Hall–Kier alpha value is -2.03. The van der Waals surface area contributed by atoms with Crippen LogP contribution in [0.4, 0.5) is 10.6 Å². The number of hydrogen-bond acceptors (Lipinski definition) is 3. The molecule has 0 unspecified atom stereocenters. The van der Waals surface area contributed by atoms with E-state index in [1.807, 2.05) is 4.90 Å². The van der Waals surface area contributed by atoms with Crippen molar-refractivity contribution in [3.05, 3.63) is 12.3 Å². The number of aromatic nitrogens is 2. The fourth-order valence-corrected chi connectivity index (χ4v) is 3.26. The molecule has 0 bridgehead atoms. The Labute approximate surface area is 124 Å². The number of nitrogens with one attached hydrogen (secondary N) is 1. The number of nitriles is 1. The van der Waals surface area contributed by atoms with Gasteiger partial charge in [0.1, 0.15) is 0 Å². The zero-order chi connectivity index (χ0) is 14.7. The van der Waals surface area contributed by atoms with E-state index in [0.717, 1.165) is 19.4 Å². The summed E-state index contributed by atoms with van der Waals surface area (Å²) in [5.41, 5.74) is 0. The van der Waals surface area contributed by atoms with Gasteiger partial charge < -0.3 is 4.90 Å². The van der Waals surface area contributed by atoms with E-state index in [-0.39, 0.29) is 6.03 Å². The molecule has 6 nitrogen and oxygen atoms in total. The average molecular weight is 287 g/mol. The van der Waals surface area contributed by atoms with E-state index in [9.17, 15) is 4.79 Å². The van der Waals surface area contributed by atoms with Crippen molar-refractivity contribution in [2.24, 2.45) is 5.92 Å². The normalized spacial score (nSPS) is 21.9. The molecule has 6 heteroatoms. The molecular formula is C15H21N5O. The second-order valence-corrected chi connectivity index (χ2v) is 5.90. The first-order valence-corrected chi connectivity index (χ1v) is 7.76. The van der Waals surface area contributed by atoms with Crippen LogP contribution in [-0.2, 0) is 6.54 Å². The Balaban J connectivity index is 1.57. The van der Waals surface area contributed by atoms with Crippen molar-refractivity contribution in [1.82, 2.24) is 14.7 Å². The maximum absolute atomic E-state index is 12.4. The lowest BCUT2D eigenvalue weighted by Gasteiger charge is -2.36. The van der Waals surface area contributed by atoms with Crippen LogP contribution in [-0.4, -0.2) is 33.3 Å². The van der Waals surface area contributed by atoms with Gasteiger partial charge >= 0.3 is 6.03 Å². The number of hydrogen-bond donors (Lipinski definition) is 1. The summed E-state index contributed by atoms with van der Waals surface area (Å²) in [4.78, 5) is 14.4. The lowest BCUT2D eigenvalue weighted by molar-refractivity contribution is 0.148. The van der Waals surface area contributed by atoms with Crippen LogP contribution in [0, 0.1) is 17.2 Å². The fourth-order valence-electron chi connectivity index (χ4n) is 3.26. The van der Waals surface area contributed by atoms with Crippen LogP contribution in [0.15, 0.2) is 12.3 Å². The van der Waals surface area contributed by atoms with Gasteiger partial charge in [0.15, 0.2) is 5.82 Å². The van der Waals surface area contributed by atoms with Crippen molar-refractivity contribution in [1.29, 1.82) is 5.26 Å². The van der Waals surface area contributed by atoms with Crippen LogP contribution in [0.25, 0.3) is 0 Å². The molecule has 0 aromatic carbocycles. The predicted molar refractivity (Wildman–Crippen MR) is 78.5 cm³/mol. The van der Waals surface area contributed by atoms with Gasteiger partial charge in [-0.3, -0.25) is 10.00 Å². The third-order valence-electron chi connectivity index (χ3n) is 4.58. The van der Waals surface area contributed by atoms with Gasteiger partial charge in [0.2, 0.25) is 0 Å². The Morgan fingerprint density at radius 2 is 2.29 bits per heavy atom. The highest BCUT2D eigenvalue weighted by Gasteiger charge is 2.37.